The SMILES string of the molecule is CC(=O)N1CCN(c2cccc(-c3cc(-c4cnn(S(=O)(=O)C(C)C)c4)c4c(N)ncnn34)c2)C(=O)C1(C)C. The van der Waals surface area contributed by atoms with Crippen LogP contribution in [0.15, 0.2) is 49.1 Å². The Labute approximate surface area is 226 Å². The topological polar surface area (TPSA) is 149 Å². The van der Waals surface area contributed by atoms with Crippen molar-refractivity contribution in [1.29, 1.82) is 0 Å². The second-order valence-corrected chi connectivity index (χ2v) is 12.6. The number of hydrogen-bond donors (Lipinski definition) is 1. The number of amides is 2. The first-order valence-corrected chi connectivity index (χ1v) is 14.0. The molecule has 0 bridgehead atoms. The van der Waals surface area contributed by atoms with E-state index in [0.29, 0.717) is 41.1 Å². The lowest BCUT2D eigenvalue weighted by atomic mass is 9.96. The van der Waals surface area contributed by atoms with E-state index in [1.165, 1.54) is 25.6 Å². The molecule has 1 fully saturated rings. The number of carbonyl (C=O) groups excluding carboxylic acids is 2. The molecule has 0 aliphatic carbocycles. The molecule has 39 heavy (non-hydrogen) atoms. The number of aromatic nitrogens is 5. The average molecular weight is 551 g/mol. The number of nitrogens with zero attached hydrogens (tertiary/aromatic N) is 7. The number of carbonyl (C=O) groups is 2. The highest BCUT2D eigenvalue weighted by Gasteiger charge is 2.43. The van der Waals surface area contributed by atoms with Crippen LogP contribution in [0.3, 0.4) is 0 Å². The van der Waals surface area contributed by atoms with Crippen LogP contribution in [0.5, 0.6) is 0 Å². The predicted molar refractivity (Wildman–Crippen MR) is 147 cm³/mol. The molecule has 13 heteroatoms. The van der Waals surface area contributed by atoms with Gasteiger partial charge in [-0.15, -0.1) is 0 Å². The molecular weight excluding hydrogens is 520 g/mol. The highest BCUT2D eigenvalue weighted by atomic mass is 32.2. The number of nitrogens with two attached hydrogens (primary N) is 1. The van der Waals surface area contributed by atoms with Crippen molar-refractivity contribution in [2.75, 3.05) is 23.7 Å². The lowest BCUT2D eigenvalue weighted by Crippen LogP contribution is -2.64. The van der Waals surface area contributed by atoms with Crippen LogP contribution in [0.2, 0.25) is 0 Å². The van der Waals surface area contributed by atoms with Gasteiger partial charge in [-0.1, -0.05) is 12.1 Å². The summed E-state index contributed by atoms with van der Waals surface area (Å²) in [5, 5.41) is 7.85. The number of fused-ring (bicyclic) bond motifs is 1. The molecule has 0 spiro atoms. The van der Waals surface area contributed by atoms with E-state index in [2.05, 4.69) is 15.2 Å². The molecule has 1 saturated heterocycles. The first-order valence-electron chi connectivity index (χ1n) is 12.5. The smallest absolute Gasteiger partial charge is 0.256 e. The summed E-state index contributed by atoms with van der Waals surface area (Å²) in [6, 6.07) is 9.32. The number of benzene rings is 1. The maximum atomic E-state index is 13.4. The van der Waals surface area contributed by atoms with E-state index in [1.807, 2.05) is 30.3 Å². The van der Waals surface area contributed by atoms with Crippen LogP contribution < -0.4 is 10.6 Å². The first-order chi connectivity index (χ1) is 18.3. The summed E-state index contributed by atoms with van der Waals surface area (Å²) in [4.78, 5) is 32.9. The van der Waals surface area contributed by atoms with Gasteiger partial charge in [0.25, 0.3) is 15.9 Å². The van der Waals surface area contributed by atoms with E-state index >= 15 is 0 Å². The molecule has 5 rings (SSSR count). The molecular formula is C26H30N8O4S. The molecule has 0 atom stereocenters. The van der Waals surface area contributed by atoms with Gasteiger partial charge < -0.3 is 15.5 Å². The van der Waals surface area contributed by atoms with E-state index < -0.39 is 20.8 Å². The maximum Gasteiger partial charge on any atom is 0.256 e. The minimum Gasteiger partial charge on any atom is -0.382 e. The van der Waals surface area contributed by atoms with Gasteiger partial charge in [-0.05, 0) is 45.9 Å². The maximum absolute atomic E-state index is 13.4. The summed E-state index contributed by atoms with van der Waals surface area (Å²) < 4.78 is 27.9. The Bertz CT molecular complexity index is 1720. The third-order valence-corrected chi connectivity index (χ3v) is 9.05. The predicted octanol–water partition coefficient (Wildman–Crippen LogP) is 2.40. The Morgan fingerprint density at radius 1 is 1.10 bits per heavy atom. The van der Waals surface area contributed by atoms with Crippen molar-refractivity contribution in [1.82, 2.24) is 28.7 Å². The summed E-state index contributed by atoms with van der Waals surface area (Å²) >= 11 is 0. The van der Waals surface area contributed by atoms with E-state index in [1.54, 1.807) is 42.0 Å². The highest BCUT2D eigenvalue weighted by molar-refractivity contribution is 7.90. The molecule has 204 valence electrons. The Kier molecular flexibility index (Phi) is 6.21. The van der Waals surface area contributed by atoms with Crippen molar-refractivity contribution in [3.05, 3.63) is 49.1 Å². The molecule has 3 aromatic heterocycles. The molecule has 4 aromatic rings. The fraction of sp³-hybridized carbons (Fsp3) is 0.346. The monoisotopic (exact) mass is 550 g/mol. The molecule has 4 heterocycles. The van der Waals surface area contributed by atoms with Gasteiger partial charge in [-0.2, -0.15) is 14.3 Å². The Morgan fingerprint density at radius 2 is 1.85 bits per heavy atom. The quantitative estimate of drug-likeness (QED) is 0.398. The van der Waals surface area contributed by atoms with E-state index in [9.17, 15) is 18.0 Å². The van der Waals surface area contributed by atoms with Crippen molar-refractivity contribution in [3.8, 4) is 22.4 Å². The van der Waals surface area contributed by atoms with Gasteiger partial charge in [0.05, 0.1) is 23.3 Å². The van der Waals surface area contributed by atoms with Gasteiger partial charge in [0, 0.05) is 42.4 Å². The molecule has 1 aliphatic rings. The number of piperazine rings is 1. The zero-order chi connectivity index (χ0) is 28.3. The van der Waals surface area contributed by atoms with Crippen LogP contribution >= 0.6 is 0 Å². The molecule has 12 nitrogen and oxygen atoms in total. The summed E-state index contributed by atoms with van der Waals surface area (Å²) in [5.74, 6) is -0.0953. The van der Waals surface area contributed by atoms with Gasteiger partial charge in [0.2, 0.25) is 5.91 Å². The highest BCUT2D eigenvalue weighted by Crippen LogP contribution is 2.36. The molecule has 0 saturated carbocycles. The van der Waals surface area contributed by atoms with Gasteiger partial charge >= 0.3 is 0 Å². The van der Waals surface area contributed by atoms with Gasteiger partial charge in [0.15, 0.2) is 5.82 Å². The third kappa shape index (κ3) is 4.22. The summed E-state index contributed by atoms with van der Waals surface area (Å²) in [7, 11) is -3.64. The van der Waals surface area contributed by atoms with Gasteiger partial charge in [0.1, 0.15) is 17.4 Å². The zero-order valence-corrected chi connectivity index (χ0v) is 23.2. The fourth-order valence-electron chi connectivity index (χ4n) is 4.95. The number of nitrogen functional groups attached to an aromatic ring is 1. The summed E-state index contributed by atoms with van der Waals surface area (Å²) in [6.45, 7) is 8.93. The van der Waals surface area contributed by atoms with Gasteiger partial charge in [-0.25, -0.2) is 17.9 Å². The van der Waals surface area contributed by atoms with Crippen LogP contribution in [0.1, 0.15) is 34.6 Å². The molecule has 2 amide bonds. The van der Waals surface area contributed by atoms with E-state index in [0.717, 1.165) is 9.65 Å². The second-order valence-electron chi connectivity index (χ2n) is 10.3. The average Bonchev–Trinajstić information content (AvgIpc) is 3.52. The summed E-state index contributed by atoms with van der Waals surface area (Å²) in [5.41, 5.74) is 9.05. The van der Waals surface area contributed by atoms with Crippen LogP contribution in [-0.4, -0.2) is 72.8 Å². The standard InChI is InChI=1S/C26H30N8O4S/c1-16(2)39(37,38)33-14-19(13-29-33)21-12-22(34-23(21)24(27)28-15-30-34)18-7-6-8-20(11-18)31-9-10-32(17(3)35)26(4,5)25(31)36/h6-8,11-16H,9-10H2,1-5H3,(H2,27,28,30). The van der Waals surface area contributed by atoms with Crippen molar-refractivity contribution in [2.24, 2.45) is 0 Å². The third-order valence-electron chi connectivity index (χ3n) is 7.13. The number of hydrogen-bond acceptors (Lipinski definition) is 8. The Balaban J connectivity index is 1.60. The largest absolute Gasteiger partial charge is 0.382 e. The zero-order valence-electron chi connectivity index (χ0n) is 22.4. The van der Waals surface area contributed by atoms with Crippen LogP contribution in [0, 0.1) is 0 Å². The van der Waals surface area contributed by atoms with Gasteiger partial charge in [-0.3, -0.25) is 9.59 Å². The van der Waals surface area contributed by atoms with Crippen LogP contribution in [0.4, 0.5) is 11.5 Å². The van der Waals surface area contributed by atoms with Crippen molar-refractivity contribution in [2.45, 2.75) is 45.4 Å². The van der Waals surface area contributed by atoms with E-state index in [-0.39, 0.29) is 17.6 Å². The lowest BCUT2D eigenvalue weighted by Gasteiger charge is -2.45. The molecule has 0 unspecified atom stereocenters. The fourth-order valence-corrected chi connectivity index (χ4v) is 5.82. The number of rotatable bonds is 5. The molecule has 0 radical (unpaired) electrons. The normalized spacial score (nSPS) is 15.9. The van der Waals surface area contributed by atoms with Crippen LogP contribution in [0.25, 0.3) is 27.9 Å². The van der Waals surface area contributed by atoms with Crippen LogP contribution in [-0.2, 0) is 19.6 Å². The molecule has 2 N–H and O–H groups in total. The lowest BCUT2D eigenvalue weighted by molar-refractivity contribution is -0.145. The number of anilines is 2. The first kappa shape index (κ1) is 26.4. The Morgan fingerprint density at radius 3 is 2.54 bits per heavy atom. The van der Waals surface area contributed by atoms with Crippen molar-refractivity contribution >= 4 is 38.9 Å². The summed E-state index contributed by atoms with van der Waals surface area (Å²) in [6.07, 6.45) is 4.27. The van der Waals surface area contributed by atoms with E-state index in [4.69, 9.17) is 5.73 Å². The van der Waals surface area contributed by atoms with Crippen molar-refractivity contribution in [3.63, 3.8) is 0 Å². The molecule has 1 aliphatic heterocycles. The Hall–Kier alpha value is -4.26. The molecule has 1 aromatic carbocycles. The second kappa shape index (κ2) is 9.19. The minimum atomic E-state index is -3.64. The minimum absolute atomic E-state index is 0.143. The van der Waals surface area contributed by atoms with Crippen molar-refractivity contribution < 1.29 is 18.0 Å².